The molecule has 1 N–H and O–H groups in total. The summed E-state index contributed by atoms with van der Waals surface area (Å²) in [4.78, 5) is 7.33. The molecule has 7 nitrogen and oxygen atoms in total. The van der Waals surface area contributed by atoms with Crippen molar-refractivity contribution in [2.24, 2.45) is 0 Å². The molecule has 1 aliphatic rings. The van der Waals surface area contributed by atoms with Crippen LogP contribution in [-0.2, 0) is 0 Å². The molecule has 1 fully saturated rings. The lowest BCUT2D eigenvalue weighted by Gasteiger charge is -2.33. The largest absolute Gasteiger partial charge is 0.497 e. The molecule has 1 aliphatic heterocycles. The van der Waals surface area contributed by atoms with Crippen molar-refractivity contribution < 1.29 is 4.74 Å². The van der Waals surface area contributed by atoms with E-state index in [0.717, 1.165) is 59.3 Å². The van der Waals surface area contributed by atoms with Crippen molar-refractivity contribution in [1.29, 1.82) is 0 Å². The van der Waals surface area contributed by atoms with Gasteiger partial charge in [0.15, 0.2) is 11.5 Å². The average molecular weight is 374 g/mol. The van der Waals surface area contributed by atoms with Crippen molar-refractivity contribution in [1.82, 2.24) is 24.9 Å². The van der Waals surface area contributed by atoms with Gasteiger partial charge in [0.05, 0.1) is 12.6 Å². The molecule has 4 aromatic rings. The number of fused-ring (bicyclic) bond motifs is 3. The first-order chi connectivity index (χ1) is 13.7. The van der Waals surface area contributed by atoms with E-state index in [1.807, 2.05) is 48.5 Å². The van der Waals surface area contributed by atoms with Crippen LogP contribution in [0.4, 0.5) is 5.95 Å². The fraction of sp³-hybridized carbons (Fsp3) is 0.286. The van der Waals surface area contributed by atoms with Gasteiger partial charge in [0, 0.05) is 36.6 Å². The molecule has 2 aromatic carbocycles. The van der Waals surface area contributed by atoms with Gasteiger partial charge in [-0.25, -0.2) is 9.38 Å². The van der Waals surface area contributed by atoms with Crippen LogP contribution in [0.3, 0.4) is 0 Å². The fourth-order valence-electron chi connectivity index (χ4n) is 3.82. The Morgan fingerprint density at radius 2 is 1.89 bits per heavy atom. The minimum atomic E-state index is 0.401. The van der Waals surface area contributed by atoms with Gasteiger partial charge in [0.1, 0.15) is 5.75 Å². The minimum Gasteiger partial charge on any atom is -0.497 e. The number of para-hydroxylation sites is 1. The smallest absolute Gasteiger partial charge is 0.213 e. The Hall–Kier alpha value is -3.19. The minimum absolute atomic E-state index is 0.401. The van der Waals surface area contributed by atoms with E-state index in [2.05, 4.69) is 31.7 Å². The lowest BCUT2D eigenvalue weighted by atomic mass is 10.2. The van der Waals surface area contributed by atoms with E-state index in [9.17, 15) is 0 Å². The number of piperazine rings is 1. The van der Waals surface area contributed by atoms with Crippen LogP contribution in [0, 0.1) is 0 Å². The summed E-state index contributed by atoms with van der Waals surface area (Å²) in [5.41, 5.74) is 2.75. The molecule has 0 saturated carbocycles. The van der Waals surface area contributed by atoms with Crippen LogP contribution >= 0.6 is 0 Å². The lowest BCUT2D eigenvalue weighted by Crippen LogP contribution is -2.50. The molecule has 2 aromatic heterocycles. The van der Waals surface area contributed by atoms with E-state index in [1.165, 1.54) is 0 Å². The average Bonchev–Trinajstić information content (AvgIpc) is 3.19. The Balaban J connectivity index is 1.76. The zero-order valence-corrected chi connectivity index (χ0v) is 16.0. The molecule has 7 heteroatoms. The van der Waals surface area contributed by atoms with Crippen LogP contribution < -0.4 is 15.0 Å². The number of methoxy groups -OCH3 is 1. The van der Waals surface area contributed by atoms with Crippen molar-refractivity contribution in [3.63, 3.8) is 0 Å². The quantitative estimate of drug-likeness (QED) is 0.595. The monoisotopic (exact) mass is 374 g/mol. The van der Waals surface area contributed by atoms with E-state index < -0.39 is 0 Å². The number of hydrogen-bond acceptors (Lipinski definition) is 6. The Kier molecular flexibility index (Phi) is 4.09. The third-order valence-corrected chi connectivity index (χ3v) is 5.23. The molecule has 0 amide bonds. The van der Waals surface area contributed by atoms with Crippen LogP contribution in [0.15, 0.2) is 48.5 Å². The number of nitrogens with zero attached hydrogens (tertiary/aromatic N) is 5. The third kappa shape index (κ3) is 2.75. The molecule has 5 rings (SSSR count). The maximum absolute atomic E-state index is 5.29. The van der Waals surface area contributed by atoms with Crippen molar-refractivity contribution >= 4 is 22.5 Å². The van der Waals surface area contributed by atoms with Gasteiger partial charge in [-0.3, -0.25) is 0 Å². The van der Waals surface area contributed by atoms with Crippen LogP contribution in [0.1, 0.15) is 6.92 Å². The van der Waals surface area contributed by atoms with Gasteiger partial charge in [-0.1, -0.05) is 12.1 Å². The molecule has 0 bridgehead atoms. The second-order valence-corrected chi connectivity index (χ2v) is 7.14. The van der Waals surface area contributed by atoms with Crippen molar-refractivity contribution in [2.75, 3.05) is 31.6 Å². The summed E-state index contributed by atoms with van der Waals surface area (Å²) < 4.78 is 7.38. The highest BCUT2D eigenvalue weighted by Crippen LogP contribution is 2.29. The first-order valence-corrected chi connectivity index (χ1v) is 9.51. The first kappa shape index (κ1) is 16.9. The molecule has 1 saturated heterocycles. The second-order valence-electron chi connectivity index (χ2n) is 7.14. The molecular formula is C21H22N6O. The molecule has 0 radical (unpaired) electrons. The normalized spacial score (nSPS) is 17.4. The van der Waals surface area contributed by atoms with Gasteiger partial charge in [0.2, 0.25) is 5.95 Å². The first-order valence-electron chi connectivity index (χ1n) is 9.51. The van der Waals surface area contributed by atoms with Crippen molar-refractivity contribution in [3.05, 3.63) is 48.5 Å². The molecule has 0 aliphatic carbocycles. The zero-order chi connectivity index (χ0) is 19.1. The summed E-state index contributed by atoms with van der Waals surface area (Å²) in [6.45, 7) is 4.91. The van der Waals surface area contributed by atoms with Crippen molar-refractivity contribution in [2.45, 2.75) is 13.0 Å². The number of ether oxygens (including phenoxy) is 1. The topological polar surface area (TPSA) is 67.6 Å². The summed E-state index contributed by atoms with van der Waals surface area (Å²) in [5, 5.41) is 13.6. The van der Waals surface area contributed by atoms with E-state index in [4.69, 9.17) is 9.72 Å². The summed E-state index contributed by atoms with van der Waals surface area (Å²) in [5.74, 6) is 2.49. The number of nitrogens with one attached hydrogen (secondary N) is 1. The molecule has 28 heavy (non-hydrogen) atoms. The number of rotatable bonds is 3. The molecule has 0 spiro atoms. The Bertz CT molecular complexity index is 1140. The highest BCUT2D eigenvalue weighted by molar-refractivity contribution is 5.93. The number of aromatic nitrogens is 4. The molecule has 3 heterocycles. The predicted molar refractivity (Wildman–Crippen MR) is 110 cm³/mol. The SMILES string of the molecule is COc1ccc(-c2nnc3c4ccccc4nc(N4CCNC(C)C4)n23)cc1. The highest BCUT2D eigenvalue weighted by atomic mass is 16.5. The standard InChI is InChI=1S/C21H22N6O/c1-14-13-26(12-11-22-14)21-23-18-6-4-3-5-17(18)20-25-24-19(27(20)21)15-7-9-16(28-2)10-8-15/h3-10,14,22H,11-13H2,1-2H3. The Morgan fingerprint density at radius 1 is 1.07 bits per heavy atom. The third-order valence-electron chi connectivity index (χ3n) is 5.23. The summed E-state index contributed by atoms with van der Waals surface area (Å²) in [6.07, 6.45) is 0. The molecule has 1 atom stereocenters. The summed E-state index contributed by atoms with van der Waals surface area (Å²) in [6, 6.07) is 16.4. The summed E-state index contributed by atoms with van der Waals surface area (Å²) >= 11 is 0. The van der Waals surface area contributed by atoms with Gasteiger partial charge < -0.3 is 15.0 Å². The molecule has 142 valence electrons. The van der Waals surface area contributed by atoms with Gasteiger partial charge in [-0.05, 0) is 43.3 Å². The van der Waals surface area contributed by atoms with Gasteiger partial charge >= 0.3 is 0 Å². The number of hydrogen-bond donors (Lipinski definition) is 1. The van der Waals surface area contributed by atoms with Crippen LogP contribution in [0.25, 0.3) is 27.9 Å². The fourth-order valence-corrected chi connectivity index (χ4v) is 3.82. The zero-order valence-electron chi connectivity index (χ0n) is 16.0. The van der Waals surface area contributed by atoms with E-state index in [1.54, 1.807) is 7.11 Å². The van der Waals surface area contributed by atoms with Crippen LogP contribution in [0.5, 0.6) is 5.75 Å². The van der Waals surface area contributed by atoms with E-state index >= 15 is 0 Å². The molecular weight excluding hydrogens is 352 g/mol. The number of anilines is 1. The van der Waals surface area contributed by atoms with Gasteiger partial charge in [-0.15, -0.1) is 10.2 Å². The molecule has 1 unspecified atom stereocenters. The summed E-state index contributed by atoms with van der Waals surface area (Å²) in [7, 11) is 1.67. The van der Waals surface area contributed by atoms with Gasteiger partial charge in [-0.2, -0.15) is 0 Å². The maximum Gasteiger partial charge on any atom is 0.213 e. The van der Waals surface area contributed by atoms with Crippen molar-refractivity contribution in [3.8, 4) is 17.1 Å². The van der Waals surface area contributed by atoms with Crippen LogP contribution in [-0.4, -0.2) is 52.4 Å². The second kappa shape index (κ2) is 6.76. The predicted octanol–water partition coefficient (Wildman–Crippen LogP) is 2.75. The van der Waals surface area contributed by atoms with E-state index in [0.29, 0.717) is 6.04 Å². The highest BCUT2D eigenvalue weighted by Gasteiger charge is 2.23. The Labute approximate surface area is 163 Å². The number of benzene rings is 2. The maximum atomic E-state index is 5.29. The van der Waals surface area contributed by atoms with E-state index in [-0.39, 0.29) is 0 Å². The Morgan fingerprint density at radius 3 is 2.68 bits per heavy atom. The lowest BCUT2D eigenvalue weighted by molar-refractivity contribution is 0.415. The van der Waals surface area contributed by atoms with Gasteiger partial charge in [0.25, 0.3) is 0 Å². The van der Waals surface area contributed by atoms with Crippen LogP contribution in [0.2, 0.25) is 0 Å².